The molecule has 0 heterocycles. The van der Waals surface area contributed by atoms with Crippen molar-refractivity contribution in [3.63, 3.8) is 0 Å². The molecule has 2 N–H and O–H groups in total. The van der Waals surface area contributed by atoms with E-state index in [0.29, 0.717) is 0 Å². The minimum atomic E-state index is -0.605. The van der Waals surface area contributed by atoms with E-state index in [0.717, 1.165) is 19.4 Å². The van der Waals surface area contributed by atoms with Crippen LogP contribution in [0.25, 0.3) is 0 Å². The van der Waals surface area contributed by atoms with Crippen LogP contribution in [0.3, 0.4) is 0 Å². The predicted octanol–water partition coefficient (Wildman–Crippen LogP) is 1.54. The molecule has 3 heteroatoms. The van der Waals surface area contributed by atoms with E-state index in [1.54, 1.807) is 0 Å². The Morgan fingerprint density at radius 1 is 1.38 bits per heavy atom. The molecule has 16 heavy (non-hydrogen) atoms. The molecule has 2 nitrogen and oxygen atoms in total. The maximum Gasteiger partial charge on any atom is 0.192 e. The van der Waals surface area contributed by atoms with Gasteiger partial charge < -0.3 is 10.2 Å². The highest BCUT2D eigenvalue weighted by Gasteiger charge is 2.12. The van der Waals surface area contributed by atoms with Gasteiger partial charge in [-0.1, -0.05) is 32.0 Å². The number of rotatable bonds is 6. The highest BCUT2D eigenvalue weighted by molar-refractivity contribution is 6.47. The van der Waals surface area contributed by atoms with E-state index in [-0.39, 0.29) is 6.04 Å². The van der Waals surface area contributed by atoms with Crippen LogP contribution >= 0.6 is 0 Å². The average molecular weight is 237 g/mol. The molecule has 0 spiro atoms. The molecule has 1 atom stereocenters. The Morgan fingerprint density at radius 2 is 2.12 bits per heavy atom. The third-order valence-electron chi connectivity index (χ3n) is 2.83. The topological polar surface area (TPSA) is 35.2 Å². The molecule has 90 valence electrons. The zero-order valence-corrected chi connectivity index (χ0v) is 12.0. The van der Waals surface area contributed by atoms with E-state index < -0.39 is 9.76 Å². The lowest BCUT2D eigenvalue weighted by atomic mass is 10.0. The summed E-state index contributed by atoms with van der Waals surface area (Å²) in [5.74, 6) is 0. The Kier molecular flexibility index (Phi) is 5.73. The maximum absolute atomic E-state index is 6.17. The smallest absolute Gasteiger partial charge is 0.192 e. The van der Waals surface area contributed by atoms with Gasteiger partial charge in [-0.2, -0.15) is 0 Å². The molecule has 1 aromatic rings. The van der Waals surface area contributed by atoms with Gasteiger partial charge >= 0.3 is 0 Å². The molecule has 1 unspecified atom stereocenters. The summed E-state index contributed by atoms with van der Waals surface area (Å²) in [7, 11) is -0.605. The van der Waals surface area contributed by atoms with E-state index in [9.17, 15) is 0 Å². The largest absolute Gasteiger partial charge is 0.419 e. The van der Waals surface area contributed by atoms with Crippen molar-refractivity contribution < 1.29 is 4.43 Å². The predicted molar refractivity (Wildman–Crippen MR) is 72.8 cm³/mol. The second-order valence-electron chi connectivity index (χ2n) is 4.22. The first-order valence-electron chi connectivity index (χ1n) is 6.12. The molecule has 0 aliphatic carbocycles. The quantitative estimate of drug-likeness (QED) is 0.602. The number of hydrogen-bond donors (Lipinski definition) is 1. The minimum Gasteiger partial charge on any atom is -0.419 e. The van der Waals surface area contributed by atoms with Crippen molar-refractivity contribution in [2.24, 2.45) is 5.73 Å². The van der Waals surface area contributed by atoms with Gasteiger partial charge in [0.2, 0.25) is 0 Å². The van der Waals surface area contributed by atoms with Crippen LogP contribution in [0.5, 0.6) is 0 Å². The fourth-order valence-corrected chi connectivity index (χ4v) is 3.51. The van der Waals surface area contributed by atoms with E-state index in [1.165, 1.54) is 16.3 Å². The van der Waals surface area contributed by atoms with E-state index in [2.05, 4.69) is 39.0 Å². The number of benzene rings is 1. The van der Waals surface area contributed by atoms with Gasteiger partial charge in [0.15, 0.2) is 9.76 Å². The number of nitrogens with two attached hydrogens (primary N) is 1. The lowest BCUT2D eigenvalue weighted by Gasteiger charge is -2.17. The highest BCUT2D eigenvalue weighted by atomic mass is 28.2. The lowest BCUT2D eigenvalue weighted by molar-refractivity contribution is 0.341. The van der Waals surface area contributed by atoms with Crippen LogP contribution in [-0.2, 0) is 4.43 Å². The summed E-state index contributed by atoms with van der Waals surface area (Å²) >= 11 is 0. The van der Waals surface area contributed by atoms with Gasteiger partial charge in [0.05, 0.1) is 0 Å². The van der Waals surface area contributed by atoms with E-state index in [1.807, 2.05) is 0 Å². The Bertz CT molecular complexity index is 328. The molecule has 0 bridgehead atoms. The third kappa shape index (κ3) is 3.44. The lowest BCUT2D eigenvalue weighted by Crippen LogP contribution is -2.28. The summed E-state index contributed by atoms with van der Waals surface area (Å²) in [5.41, 5.74) is 8.80. The number of hydrogen-bond acceptors (Lipinski definition) is 2. The van der Waals surface area contributed by atoms with Gasteiger partial charge in [-0.25, -0.2) is 0 Å². The van der Waals surface area contributed by atoms with Gasteiger partial charge in [-0.15, -0.1) is 0 Å². The summed E-state index contributed by atoms with van der Waals surface area (Å²) in [6.45, 7) is 7.29. The molecule has 0 aliphatic heterocycles. The molecule has 0 fully saturated rings. The first kappa shape index (κ1) is 13.4. The van der Waals surface area contributed by atoms with Crippen molar-refractivity contribution >= 4 is 14.9 Å². The van der Waals surface area contributed by atoms with Crippen molar-refractivity contribution in [1.29, 1.82) is 0 Å². The molecule has 1 aromatic carbocycles. The fraction of sp³-hybridized carbons (Fsp3) is 0.538. The minimum absolute atomic E-state index is 0.161. The van der Waals surface area contributed by atoms with Crippen LogP contribution in [0.1, 0.15) is 43.9 Å². The summed E-state index contributed by atoms with van der Waals surface area (Å²) in [5, 5.41) is 1.38. The van der Waals surface area contributed by atoms with Crippen LogP contribution in [-0.4, -0.2) is 16.4 Å². The van der Waals surface area contributed by atoms with Gasteiger partial charge in [0.1, 0.15) is 0 Å². The van der Waals surface area contributed by atoms with Crippen LogP contribution < -0.4 is 10.9 Å². The Hall–Kier alpha value is -0.643. The van der Waals surface area contributed by atoms with Crippen LogP contribution in [0.4, 0.5) is 0 Å². The van der Waals surface area contributed by atoms with Crippen molar-refractivity contribution in [3.8, 4) is 0 Å². The van der Waals surface area contributed by atoms with Crippen molar-refractivity contribution in [2.45, 2.75) is 39.7 Å². The third-order valence-corrected chi connectivity index (χ3v) is 4.25. The summed E-state index contributed by atoms with van der Waals surface area (Å²) in [6, 6.07) is 6.59. The van der Waals surface area contributed by atoms with Crippen LogP contribution in [0.15, 0.2) is 18.2 Å². The van der Waals surface area contributed by atoms with Gasteiger partial charge in [0.25, 0.3) is 0 Å². The zero-order valence-electron chi connectivity index (χ0n) is 10.6. The van der Waals surface area contributed by atoms with Gasteiger partial charge in [-0.3, -0.25) is 0 Å². The molecule has 0 amide bonds. The summed E-state index contributed by atoms with van der Waals surface area (Å²) < 4.78 is 5.74. The Labute approximate surface area is 101 Å². The van der Waals surface area contributed by atoms with E-state index >= 15 is 0 Å². The summed E-state index contributed by atoms with van der Waals surface area (Å²) in [6.07, 6.45) is 2.08. The molecular formula is C13H23NOSi. The number of aryl methyl sites for hydroxylation is 1. The van der Waals surface area contributed by atoms with Crippen molar-refractivity contribution in [2.75, 3.05) is 6.61 Å². The molecule has 0 saturated carbocycles. The van der Waals surface area contributed by atoms with Gasteiger partial charge in [0, 0.05) is 12.6 Å². The highest BCUT2D eigenvalue weighted by Crippen LogP contribution is 2.15. The normalized spacial score (nSPS) is 13.5. The molecular weight excluding hydrogens is 214 g/mol. The van der Waals surface area contributed by atoms with Crippen molar-refractivity contribution in [1.82, 2.24) is 0 Å². The van der Waals surface area contributed by atoms with E-state index in [4.69, 9.17) is 10.2 Å². The van der Waals surface area contributed by atoms with Crippen molar-refractivity contribution in [3.05, 3.63) is 29.3 Å². The molecule has 0 saturated heterocycles. The van der Waals surface area contributed by atoms with Crippen LogP contribution in [0, 0.1) is 6.92 Å². The summed E-state index contributed by atoms with van der Waals surface area (Å²) in [4.78, 5) is 0. The SMILES string of the molecule is CCCO[SiH2]c1cccc(C)c1C(N)CC. The van der Waals surface area contributed by atoms with Gasteiger partial charge in [-0.05, 0) is 36.1 Å². The maximum atomic E-state index is 6.17. The monoisotopic (exact) mass is 237 g/mol. The average Bonchev–Trinajstić information content (AvgIpc) is 2.29. The Balaban J connectivity index is 2.85. The first-order valence-corrected chi connectivity index (χ1v) is 7.40. The second kappa shape index (κ2) is 6.84. The molecule has 1 rings (SSSR count). The second-order valence-corrected chi connectivity index (χ2v) is 5.67. The fourth-order valence-electron chi connectivity index (χ4n) is 1.93. The molecule has 0 aromatic heterocycles. The Morgan fingerprint density at radius 3 is 2.75 bits per heavy atom. The molecule has 0 aliphatic rings. The standard InChI is InChI=1S/C13H23NOSi/c1-4-9-15-16-12-8-6-7-10(3)13(12)11(14)5-2/h6-8,11H,4-5,9,14,16H2,1-3H3. The zero-order chi connectivity index (χ0) is 12.0. The first-order chi connectivity index (χ1) is 7.70. The molecule has 0 radical (unpaired) electrons. The van der Waals surface area contributed by atoms with Crippen LogP contribution in [0.2, 0.25) is 0 Å².